The smallest absolute Gasteiger partial charge is 0.0618 e. The number of anilines is 3. The van der Waals surface area contributed by atoms with Gasteiger partial charge in [-0.25, -0.2) is 0 Å². The van der Waals surface area contributed by atoms with Crippen LogP contribution in [0, 0.1) is 0 Å². The van der Waals surface area contributed by atoms with Crippen LogP contribution in [-0.4, -0.2) is 4.57 Å². The molecule has 57 heavy (non-hydrogen) atoms. The molecule has 0 radical (unpaired) electrons. The molecule has 1 saturated carbocycles. The molecule has 0 saturated heterocycles. The van der Waals surface area contributed by atoms with Gasteiger partial charge in [0.25, 0.3) is 0 Å². The fourth-order valence-electron chi connectivity index (χ4n) is 10.3. The number of benzene rings is 8. The fraction of sp³-hybridized carbons (Fsp3) is 0.164. The van der Waals surface area contributed by atoms with Crippen LogP contribution >= 0.6 is 0 Å². The molecule has 0 aliphatic heterocycles. The number of nitrogens with zero attached hydrogens (tertiary/aromatic N) is 2. The SMILES string of the molecule is CC1(C)c2ccccc2-c2ccc(N(c3ccc(C4CCCCC4)cc3)c3c(-c4ccc5c6ccccc6n(-c6ccccc6)c5c4)ccc4ccccc34)cc21. The third kappa shape index (κ3) is 5.46. The van der Waals surface area contributed by atoms with Gasteiger partial charge in [-0.05, 0) is 106 Å². The zero-order valence-electron chi connectivity index (χ0n) is 32.8. The summed E-state index contributed by atoms with van der Waals surface area (Å²) in [7, 11) is 0. The Kier molecular flexibility index (Phi) is 7.96. The number of hydrogen-bond donors (Lipinski definition) is 0. The zero-order chi connectivity index (χ0) is 38.1. The number of rotatable bonds is 6. The average Bonchev–Trinajstić information content (AvgIpc) is 3.72. The molecule has 0 N–H and O–H groups in total. The molecular formula is C55H46N2. The van der Waals surface area contributed by atoms with Gasteiger partial charge in [0.1, 0.15) is 0 Å². The van der Waals surface area contributed by atoms with E-state index in [1.54, 1.807) is 0 Å². The van der Waals surface area contributed by atoms with Crippen LogP contribution in [0.25, 0.3) is 60.5 Å². The minimum Gasteiger partial charge on any atom is -0.309 e. The molecule has 9 aromatic rings. The molecule has 0 bridgehead atoms. The van der Waals surface area contributed by atoms with Crippen molar-refractivity contribution in [3.05, 3.63) is 193 Å². The summed E-state index contributed by atoms with van der Waals surface area (Å²) < 4.78 is 2.43. The third-order valence-electron chi connectivity index (χ3n) is 13.2. The molecule has 1 fully saturated rings. The predicted octanol–water partition coefficient (Wildman–Crippen LogP) is 15.4. The topological polar surface area (TPSA) is 8.17 Å². The van der Waals surface area contributed by atoms with E-state index in [2.05, 4.69) is 199 Å². The second-order valence-electron chi connectivity index (χ2n) is 16.8. The summed E-state index contributed by atoms with van der Waals surface area (Å²) in [5.74, 6) is 0.650. The molecule has 11 rings (SSSR count). The predicted molar refractivity (Wildman–Crippen MR) is 242 cm³/mol. The summed E-state index contributed by atoms with van der Waals surface area (Å²) in [5.41, 5.74) is 16.4. The lowest BCUT2D eigenvalue weighted by Crippen LogP contribution is -2.17. The second kappa shape index (κ2) is 13.4. The van der Waals surface area contributed by atoms with Crippen molar-refractivity contribution in [3.63, 3.8) is 0 Å². The minimum atomic E-state index is -0.115. The van der Waals surface area contributed by atoms with Gasteiger partial charge in [-0.3, -0.25) is 0 Å². The lowest BCUT2D eigenvalue weighted by Gasteiger charge is -2.31. The summed E-state index contributed by atoms with van der Waals surface area (Å²) >= 11 is 0. The van der Waals surface area contributed by atoms with Gasteiger partial charge in [0.2, 0.25) is 0 Å². The van der Waals surface area contributed by atoms with Crippen LogP contribution in [0.3, 0.4) is 0 Å². The van der Waals surface area contributed by atoms with Crippen molar-refractivity contribution in [2.75, 3.05) is 4.90 Å². The highest BCUT2D eigenvalue weighted by Gasteiger charge is 2.36. The summed E-state index contributed by atoms with van der Waals surface area (Å²) in [4.78, 5) is 2.55. The molecule has 2 heteroatoms. The average molecular weight is 735 g/mol. The van der Waals surface area contributed by atoms with E-state index in [4.69, 9.17) is 0 Å². The molecule has 0 spiro atoms. The highest BCUT2D eigenvalue weighted by atomic mass is 15.1. The van der Waals surface area contributed by atoms with E-state index < -0.39 is 0 Å². The van der Waals surface area contributed by atoms with Crippen molar-refractivity contribution in [2.24, 2.45) is 0 Å². The van der Waals surface area contributed by atoms with Crippen LogP contribution in [-0.2, 0) is 5.41 Å². The van der Waals surface area contributed by atoms with E-state index in [9.17, 15) is 0 Å². The zero-order valence-corrected chi connectivity index (χ0v) is 32.8. The number of aromatic nitrogens is 1. The van der Waals surface area contributed by atoms with E-state index in [0.29, 0.717) is 5.92 Å². The van der Waals surface area contributed by atoms with Crippen molar-refractivity contribution in [1.82, 2.24) is 4.57 Å². The number of hydrogen-bond acceptors (Lipinski definition) is 1. The molecular weight excluding hydrogens is 689 g/mol. The van der Waals surface area contributed by atoms with Crippen LogP contribution in [0.4, 0.5) is 17.1 Å². The normalized spacial score (nSPS) is 14.9. The monoisotopic (exact) mass is 734 g/mol. The minimum absolute atomic E-state index is 0.115. The third-order valence-corrected chi connectivity index (χ3v) is 13.2. The van der Waals surface area contributed by atoms with Crippen LogP contribution in [0.1, 0.15) is 68.6 Å². The van der Waals surface area contributed by atoms with Crippen molar-refractivity contribution in [1.29, 1.82) is 0 Å². The second-order valence-corrected chi connectivity index (χ2v) is 16.8. The Morgan fingerprint density at radius 1 is 0.491 bits per heavy atom. The van der Waals surface area contributed by atoms with Gasteiger partial charge in [-0.1, -0.05) is 161 Å². The van der Waals surface area contributed by atoms with Gasteiger partial charge in [0.15, 0.2) is 0 Å². The standard InChI is InChI=1S/C55H46N2/c1-55(2)50-23-13-11-21-46(50)47-34-31-43(36-51(47)55)56(42-29-25-38(26-30-42)37-15-5-3-6-16-37)54-44-20-10-9-17-39(44)27-32-45(54)40-28-33-49-48-22-12-14-24-52(48)57(53(49)35-40)41-18-7-4-8-19-41/h4,7-14,17-37H,3,5-6,15-16H2,1-2H3. The Morgan fingerprint density at radius 2 is 1.16 bits per heavy atom. The fourth-order valence-corrected chi connectivity index (χ4v) is 10.3. The molecule has 2 aliphatic carbocycles. The van der Waals surface area contributed by atoms with Gasteiger partial charge in [0.05, 0.1) is 16.7 Å². The highest BCUT2D eigenvalue weighted by Crippen LogP contribution is 2.52. The summed E-state index contributed by atoms with van der Waals surface area (Å²) in [6, 6.07) is 66.0. The van der Waals surface area contributed by atoms with Crippen LogP contribution in [0.5, 0.6) is 0 Å². The first kappa shape index (κ1) is 33.9. The largest absolute Gasteiger partial charge is 0.309 e. The Labute approximate surface area is 335 Å². The van der Waals surface area contributed by atoms with Crippen LogP contribution < -0.4 is 4.90 Å². The first-order valence-corrected chi connectivity index (χ1v) is 20.8. The Morgan fingerprint density at radius 3 is 2.00 bits per heavy atom. The molecule has 276 valence electrons. The Balaban J connectivity index is 1.16. The summed E-state index contributed by atoms with van der Waals surface area (Å²) in [5, 5.41) is 4.99. The molecule has 8 aromatic carbocycles. The highest BCUT2D eigenvalue weighted by molar-refractivity contribution is 6.12. The van der Waals surface area contributed by atoms with Gasteiger partial charge in [0, 0.05) is 44.2 Å². The maximum absolute atomic E-state index is 2.55. The van der Waals surface area contributed by atoms with E-state index in [1.165, 1.54) is 126 Å². The quantitative estimate of drug-likeness (QED) is 0.165. The molecule has 1 heterocycles. The summed E-state index contributed by atoms with van der Waals surface area (Å²) in [6.07, 6.45) is 6.61. The Bertz CT molecular complexity index is 2960. The molecule has 2 nitrogen and oxygen atoms in total. The van der Waals surface area contributed by atoms with Crippen LogP contribution in [0.15, 0.2) is 176 Å². The lowest BCUT2D eigenvalue weighted by atomic mass is 9.82. The van der Waals surface area contributed by atoms with Crippen molar-refractivity contribution < 1.29 is 0 Å². The first-order chi connectivity index (χ1) is 28.0. The van der Waals surface area contributed by atoms with Gasteiger partial charge >= 0.3 is 0 Å². The maximum Gasteiger partial charge on any atom is 0.0618 e. The van der Waals surface area contributed by atoms with Gasteiger partial charge in [-0.15, -0.1) is 0 Å². The van der Waals surface area contributed by atoms with Crippen molar-refractivity contribution in [3.8, 4) is 27.9 Å². The van der Waals surface area contributed by atoms with E-state index in [0.717, 1.165) is 0 Å². The van der Waals surface area contributed by atoms with Crippen LogP contribution in [0.2, 0.25) is 0 Å². The number of para-hydroxylation sites is 2. The Hall–Kier alpha value is -6.38. The first-order valence-electron chi connectivity index (χ1n) is 20.8. The van der Waals surface area contributed by atoms with E-state index >= 15 is 0 Å². The lowest BCUT2D eigenvalue weighted by molar-refractivity contribution is 0.443. The molecule has 0 atom stereocenters. The van der Waals surface area contributed by atoms with E-state index in [1.807, 2.05) is 0 Å². The van der Waals surface area contributed by atoms with Crippen molar-refractivity contribution in [2.45, 2.75) is 57.3 Å². The van der Waals surface area contributed by atoms with Gasteiger partial charge < -0.3 is 9.47 Å². The molecule has 1 aromatic heterocycles. The molecule has 2 aliphatic rings. The van der Waals surface area contributed by atoms with Crippen molar-refractivity contribution >= 4 is 49.6 Å². The van der Waals surface area contributed by atoms with E-state index in [-0.39, 0.29) is 5.41 Å². The maximum atomic E-state index is 2.55. The molecule has 0 unspecified atom stereocenters. The number of fused-ring (bicyclic) bond motifs is 7. The van der Waals surface area contributed by atoms with Gasteiger partial charge in [-0.2, -0.15) is 0 Å². The molecule has 0 amide bonds. The summed E-state index contributed by atoms with van der Waals surface area (Å²) in [6.45, 7) is 4.77.